The van der Waals surface area contributed by atoms with Crippen LogP contribution < -0.4 is 16.4 Å². The number of hydrogen-bond donors (Lipinski definition) is 4. The summed E-state index contributed by atoms with van der Waals surface area (Å²) >= 11 is 1.17. The molecule has 0 aliphatic carbocycles. The van der Waals surface area contributed by atoms with Crippen LogP contribution in [0.5, 0.6) is 0 Å². The SMILES string of the molecule is CCC(C)(NCC(=O)Nc1sccc1C(N)=O)C(=O)O. The number of rotatable bonds is 7. The van der Waals surface area contributed by atoms with E-state index in [9.17, 15) is 14.4 Å². The highest BCUT2D eigenvalue weighted by molar-refractivity contribution is 7.14. The van der Waals surface area contributed by atoms with Gasteiger partial charge in [0.05, 0.1) is 12.1 Å². The van der Waals surface area contributed by atoms with Crippen molar-refractivity contribution in [3.63, 3.8) is 0 Å². The van der Waals surface area contributed by atoms with Gasteiger partial charge in [-0.2, -0.15) is 0 Å². The fraction of sp³-hybridized carbons (Fsp3) is 0.417. The van der Waals surface area contributed by atoms with E-state index in [1.165, 1.54) is 24.3 Å². The van der Waals surface area contributed by atoms with E-state index in [4.69, 9.17) is 10.8 Å². The van der Waals surface area contributed by atoms with Gasteiger partial charge in [0, 0.05) is 0 Å². The number of hydrogen-bond acceptors (Lipinski definition) is 5. The molecule has 1 atom stereocenters. The predicted octanol–water partition coefficient (Wildman–Crippen LogP) is 0.628. The third-order valence-corrected chi connectivity index (χ3v) is 3.83. The van der Waals surface area contributed by atoms with Crippen LogP contribution in [0.2, 0.25) is 0 Å². The lowest BCUT2D eigenvalue weighted by atomic mass is 9.99. The van der Waals surface area contributed by atoms with Crippen molar-refractivity contribution < 1.29 is 19.5 Å². The smallest absolute Gasteiger partial charge is 0.323 e. The number of anilines is 1. The Hall–Kier alpha value is -1.93. The molecule has 0 radical (unpaired) electrons. The molecule has 1 unspecified atom stereocenters. The standard InChI is InChI=1S/C12H17N3O4S/c1-3-12(2,11(18)19)14-6-8(16)15-10-7(9(13)17)4-5-20-10/h4-5,14H,3,6H2,1-2H3,(H2,13,17)(H,15,16)(H,18,19). The molecule has 5 N–H and O–H groups in total. The normalized spacial score (nSPS) is 13.5. The first kappa shape index (κ1) is 16.1. The molecule has 0 aromatic carbocycles. The van der Waals surface area contributed by atoms with Crippen LogP contribution in [0.15, 0.2) is 11.4 Å². The Morgan fingerprint density at radius 2 is 2.10 bits per heavy atom. The Morgan fingerprint density at radius 1 is 1.45 bits per heavy atom. The number of carboxylic acid groups (broad SMARTS) is 1. The van der Waals surface area contributed by atoms with Gasteiger partial charge < -0.3 is 16.2 Å². The first-order valence-electron chi connectivity index (χ1n) is 5.95. The molecule has 0 aliphatic heterocycles. The first-order valence-corrected chi connectivity index (χ1v) is 6.83. The molecule has 2 amide bonds. The van der Waals surface area contributed by atoms with E-state index in [0.29, 0.717) is 11.4 Å². The van der Waals surface area contributed by atoms with Crippen molar-refractivity contribution in [1.82, 2.24) is 5.32 Å². The first-order chi connectivity index (χ1) is 9.30. The molecule has 0 saturated carbocycles. The number of nitrogens with one attached hydrogen (secondary N) is 2. The topological polar surface area (TPSA) is 122 Å². The monoisotopic (exact) mass is 299 g/mol. The van der Waals surface area contributed by atoms with Crippen LogP contribution >= 0.6 is 11.3 Å². The van der Waals surface area contributed by atoms with Crippen molar-refractivity contribution >= 4 is 34.1 Å². The van der Waals surface area contributed by atoms with Gasteiger partial charge in [-0.1, -0.05) is 6.92 Å². The minimum atomic E-state index is -1.17. The zero-order valence-electron chi connectivity index (χ0n) is 11.2. The maximum atomic E-state index is 11.8. The zero-order chi connectivity index (χ0) is 15.3. The third kappa shape index (κ3) is 3.78. The molecular formula is C12H17N3O4S. The highest BCUT2D eigenvalue weighted by Crippen LogP contribution is 2.22. The average molecular weight is 299 g/mol. The minimum Gasteiger partial charge on any atom is -0.480 e. The van der Waals surface area contributed by atoms with Crippen LogP contribution in [0.1, 0.15) is 30.6 Å². The fourth-order valence-corrected chi connectivity index (χ4v) is 2.21. The van der Waals surface area contributed by atoms with Crippen molar-refractivity contribution in [2.45, 2.75) is 25.8 Å². The van der Waals surface area contributed by atoms with E-state index in [2.05, 4.69) is 10.6 Å². The summed E-state index contributed by atoms with van der Waals surface area (Å²) in [6.07, 6.45) is 0.334. The lowest BCUT2D eigenvalue weighted by molar-refractivity contribution is -0.144. The van der Waals surface area contributed by atoms with Crippen molar-refractivity contribution in [2.24, 2.45) is 5.73 Å². The second kappa shape index (κ2) is 6.49. The van der Waals surface area contributed by atoms with Gasteiger partial charge in [-0.25, -0.2) is 0 Å². The van der Waals surface area contributed by atoms with E-state index >= 15 is 0 Å². The maximum absolute atomic E-state index is 11.8. The van der Waals surface area contributed by atoms with E-state index in [1.54, 1.807) is 12.3 Å². The van der Waals surface area contributed by atoms with Gasteiger partial charge in [0.15, 0.2) is 0 Å². The summed E-state index contributed by atoms with van der Waals surface area (Å²) in [4.78, 5) is 33.9. The summed E-state index contributed by atoms with van der Waals surface area (Å²) < 4.78 is 0. The van der Waals surface area contributed by atoms with Gasteiger partial charge in [0.2, 0.25) is 5.91 Å². The summed E-state index contributed by atoms with van der Waals surface area (Å²) in [6.45, 7) is 3.04. The maximum Gasteiger partial charge on any atom is 0.323 e. The van der Waals surface area contributed by atoms with Crippen LogP contribution in [0, 0.1) is 0 Å². The van der Waals surface area contributed by atoms with Crippen LogP contribution in [0.3, 0.4) is 0 Å². The molecule has 0 spiro atoms. The molecule has 20 heavy (non-hydrogen) atoms. The minimum absolute atomic E-state index is 0.174. The number of carboxylic acids is 1. The second-order valence-corrected chi connectivity index (χ2v) is 5.34. The summed E-state index contributed by atoms with van der Waals surface area (Å²) in [7, 11) is 0. The molecule has 0 fully saturated rings. The summed E-state index contributed by atoms with van der Waals surface area (Å²) in [5, 5.41) is 16.3. The van der Waals surface area contributed by atoms with Crippen molar-refractivity contribution in [3.05, 3.63) is 17.0 Å². The van der Waals surface area contributed by atoms with Gasteiger partial charge >= 0.3 is 5.97 Å². The number of thiophene rings is 1. The molecule has 8 heteroatoms. The van der Waals surface area contributed by atoms with Crippen molar-refractivity contribution in [2.75, 3.05) is 11.9 Å². The molecule has 0 aliphatic rings. The van der Waals surface area contributed by atoms with E-state index in [1.807, 2.05) is 0 Å². The molecule has 0 bridgehead atoms. The van der Waals surface area contributed by atoms with Crippen LogP contribution in [0.25, 0.3) is 0 Å². The lowest BCUT2D eigenvalue weighted by Gasteiger charge is -2.24. The van der Waals surface area contributed by atoms with Crippen LogP contribution in [-0.4, -0.2) is 35.0 Å². The number of carbonyl (C=O) groups excluding carboxylic acids is 2. The summed E-state index contributed by atoms with van der Waals surface area (Å²) in [5.74, 6) is -2.09. The molecule has 110 valence electrons. The molecule has 1 aromatic rings. The Labute approximate surface area is 120 Å². The third-order valence-electron chi connectivity index (χ3n) is 3.00. The Bertz CT molecular complexity index is 529. The molecule has 1 aromatic heterocycles. The van der Waals surface area contributed by atoms with Gasteiger partial charge in [0.25, 0.3) is 5.91 Å². The van der Waals surface area contributed by atoms with Crippen molar-refractivity contribution in [1.29, 1.82) is 0 Å². The molecule has 7 nitrogen and oxygen atoms in total. The Kier molecular flexibility index (Phi) is 5.23. The number of nitrogens with two attached hydrogens (primary N) is 1. The van der Waals surface area contributed by atoms with Crippen LogP contribution in [-0.2, 0) is 9.59 Å². The Balaban J connectivity index is 2.63. The van der Waals surface area contributed by atoms with E-state index in [0.717, 1.165) is 0 Å². The highest BCUT2D eigenvalue weighted by atomic mass is 32.1. The Morgan fingerprint density at radius 3 is 2.60 bits per heavy atom. The number of amides is 2. The average Bonchev–Trinajstić information content (AvgIpc) is 2.83. The van der Waals surface area contributed by atoms with E-state index in [-0.39, 0.29) is 12.1 Å². The van der Waals surface area contributed by atoms with Crippen LogP contribution in [0.4, 0.5) is 5.00 Å². The second-order valence-electron chi connectivity index (χ2n) is 4.42. The lowest BCUT2D eigenvalue weighted by Crippen LogP contribution is -2.51. The van der Waals surface area contributed by atoms with Gasteiger partial charge in [-0.3, -0.25) is 19.7 Å². The molecule has 1 heterocycles. The summed E-state index contributed by atoms with van der Waals surface area (Å²) in [6, 6.07) is 1.52. The van der Waals surface area contributed by atoms with Gasteiger partial charge in [-0.05, 0) is 24.8 Å². The quantitative estimate of drug-likeness (QED) is 0.588. The van der Waals surface area contributed by atoms with Gasteiger partial charge in [0.1, 0.15) is 10.5 Å². The fourth-order valence-electron chi connectivity index (χ4n) is 1.40. The molecule has 1 rings (SSSR count). The number of primary amides is 1. The predicted molar refractivity (Wildman–Crippen MR) is 75.8 cm³/mol. The summed E-state index contributed by atoms with van der Waals surface area (Å²) in [5.41, 5.74) is 4.23. The highest BCUT2D eigenvalue weighted by Gasteiger charge is 2.30. The largest absolute Gasteiger partial charge is 0.480 e. The van der Waals surface area contributed by atoms with Crippen molar-refractivity contribution in [3.8, 4) is 0 Å². The van der Waals surface area contributed by atoms with Gasteiger partial charge in [-0.15, -0.1) is 11.3 Å². The van der Waals surface area contributed by atoms with E-state index < -0.39 is 23.3 Å². The number of carbonyl (C=O) groups is 3. The molecule has 0 saturated heterocycles. The number of aliphatic carboxylic acids is 1. The molecular weight excluding hydrogens is 282 g/mol. The zero-order valence-corrected chi connectivity index (χ0v) is 12.0.